The molecule has 0 saturated carbocycles. The molecule has 0 aliphatic rings. The summed E-state index contributed by atoms with van der Waals surface area (Å²) >= 11 is 0. The standard InChI is InChI=1S/C12H12N2O/c1-9-11(7-14(13)8-12(9)15)10-5-3-2-4-6-10/h2-8H,13H2,1H3/p+1. The summed E-state index contributed by atoms with van der Waals surface area (Å²) < 4.78 is 1.37. The van der Waals surface area contributed by atoms with Crippen LogP contribution in [0.1, 0.15) is 5.56 Å². The van der Waals surface area contributed by atoms with Gasteiger partial charge in [0.15, 0.2) is 5.75 Å². The summed E-state index contributed by atoms with van der Waals surface area (Å²) in [6.07, 6.45) is 3.28. The molecule has 0 fully saturated rings. The van der Waals surface area contributed by atoms with Gasteiger partial charge in [-0.2, -0.15) is 0 Å². The molecule has 15 heavy (non-hydrogen) atoms. The molecule has 1 heterocycles. The zero-order valence-corrected chi connectivity index (χ0v) is 8.51. The molecular formula is C12H13N2O+. The molecule has 0 atom stereocenters. The minimum Gasteiger partial charge on any atom is -0.502 e. The molecule has 0 unspecified atom stereocenters. The van der Waals surface area contributed by atoms with Gasteiger partial charge in [0.2, 0.25) is 12.4 Å². The van der Waals surface area contributed by atoms with E-state index >= 15 is 0 Å². The van der Waals surface area contributed by atoms with E-state index in [1.807, 2.05) is 37.3 Å². The third kappa shape index (κ3) is 1.76. The Kier molecular flexibility index (Phi) is 2.29. The molecular weight excluding hydrogens is 188 g/mol. The minimum atomic E-state index is 0.207. The minimum absolute atomic E-state index is 0.207. The highest BCUT2D eigenvalue weighted by atomic mass is 16.3. The summed E-state index contributed by atoms with van der Waals surface area (Å²) in [6, 6.07) is 9.85. The summed E-state index contributed by atoms with van der Waals surface area (Å²) in [5.74, 6) is 5.83. The van der Waals surface area contributed by atoms with Crippen molar-refractivity contribution in [2.45, 2.75) is 6.92 Å². The summed E-state index contributed by atoms with van der Waals surface area (Å²) in [6.45, 7) is 1.87. The molecule has 0 spiro atoms. The van der Waals surface area contributed by atoms with Crippen LogP contribution >= 0.6 is 0 Å². The predicted octanol–water partition coefficient (Wildman–Crippen LogP) is 1.37. The lowest BCUT2D eigenvalue weighted by atomic mass is 10.0. The Hall–Kier alpha value is -2.03. The van der Waals surface area contributed by atoms with E-state index < -0.39 is 0 Å². The fourth-order valence-corrected chi connectivity index (χ4v) is 1.57. The van der Waals surface area contributed by atoms with E-state index in [0.29, 0.717) is 0 Å². The molecule has 0 aliphatic carbocycles. The van der Waals surface area contributed by atoms with Crippen LogP contribution in [-0.4, -0.2) is 5.11 Å². The second-order valence-corrected chi connectivity index (χ2v) is 3.50. The summed E-state index contributed by atoms with van der Waals surface area (Å²) in [7, 11) is 0. The molecule has 0 radical (unpaired) electrons. The smallest absolute Gasteiger partial charge is 0.240 e. The van der Waals surface area contributed by atoms with Gasteiger partial charge in [-0.15, -0.1) is 0 Å². The summed E-state index contributed by atoms with van der Waals surface area (Å²) in [5.41, 5.74) is 2.83. The molecule has 3 heteroatoms. The quantitative estimate of drug-likeness (QED) is 0.541. The Balaban J connectivity index is 2.63. The van der Waals surface area contributed by atoms with Gasteiger partial charge in [-0.3, -0.25) is 0 Å². The van der Waals surface area contributed by atoms with E-state index in [9.17, 15) is 5.11 Å². The maximum Gasteiger partial charge on any atom is 0.240 e. The Morgan fingerprint density at radius 3 is 2.47 bits per heavy atom. The van der Waals surface area contributed by atoms with Gasteiger partial charge in [-0.05, 0) is 12.5 Å². The van der Waals surface area contributed by atoms with Crippen LogP contribution in [-0.2, 0) is 0 Å². The van der Waals surface area contributed by atoms with Crippen LogP contribution in [0.25, 0.3) is 11.1 Å². The zero-order valence-electron chi connectivity index (χ0n) is 8.51. The number of hydrogen-bond donors (Lipinski definition) is 2. The fraction of sp³-hybridized carbons (Fsp3) is 0.0833. The van der Waals surface area contributed by atoms with E-state index in [2.05, 4.69) is 0 Å². The largest absolute Gasteiger partial charge is 0.502 e. The lowest BCUT2D eigenvalue weighted by Crippen LogP contribution is -2.43. The Labute approximate surface area is 88.4 Å². The van der Waals surface area contributed by atoms with E-state index in [0.717, 1.165) is 16.7 Å². The molecule has 3 N–H and O–H groups in total. The SMILES string of the molecule is Cc1c(O)c[n+](N)cc1-c1ccccc1. The molecule has 2 rings (SSSR count). The zero-order chi connectivity index (χ0) is 10.8. The van der Waals surface area contributed by atoms with Crippen molar-refractivity contribution in [2.75, 3.05) is 5.84 Å². The number of aromatic nitrogens is 1. The van der Waals surface area contributed by atoms with Crippen LogP contribution in [0.5, 0.6) is 5.75 Å². The van der Waals surface area contributed by atoms with Crippen LogP contribution in [0.3, 0.4) is 0 Å². The molecule has 1 aromatic carbocycles. The topological polar surface area (TPSA) is 50.1 Å². The number of nitrogen functional groups attached to an aromatic ring is 1. The lowest BCUT2D eigenvalue weighted by Gasteiger charge is -2.04. The van der Waals surface area contributed by atoms with Crippen LogP contribution in [0.4, 0.5) is 0 Å². The first-order chi connectivity index (χ1) is 7.18. The number of rotatable bonds is 1. The van der Waals surface area contributed by atoms with Gasteiger partial charge in [0.05, 0.1) is 5.56 Å². The van der Waals surface area contributed by atoms with Crippen molar-refractivity contribution in [2.24, 2.45) is 0 Å². The maximum absolute atomic E-state index is 9.64. The normalized spacial score (nSPS) is 10.2. The van der Waals surface area contributed by atoms with Crippen molar-refractivity contribution in [1.29, 1.82) is 0 Å². The molecule has 2 aromatic rings. The highest BCUT2D eigenvalue weighted by Gasteiger charge is 2.11. The van der Waals surface area contributed by atoms with Crippen LogP contribution in [0, 0.1) is 6.92 Å². The van der Waals surface area contributed by atoms with Crippen molar-refractivity contribution in [3.8, 4) is 16.9 Å². The lowest BCUT2D eigenvalue weighted by molar-refractivity contribution is -0.638. The molecule has 0 saturated heterocycles. The highest BCUT2D eigenvalue weighted by Crippen LogP contribution is 2.26. The van der Waals surface area contributed by atoms with Crippen molar-refractivity contribution >= 4 is 0 Å². The highest BCUT2D eigenvalue weighted by molar-refractivity contribution is 5.67. The van der Waals surface area contributed by atoms with Gasteiger partial charge < -0.3 is 5.11 Å². The first kappa shape index (κ1) is 9.52. The van der Waals surface area contributed by atoms with Crippen LogP contribution in [0.15, 0.2) is 42.7 Å². The summed E-state index contributed by atoms with van der Waals surface area (Å²) in [5, 5.41) is 9.64. The van der Waals surface area contributed by atoms with Gasteiger partial charge in [0, 0.05) is 5.56 Å². The Morgan fingerprint density at radius 1 is 1.13 bits per heavy atom. The molecule has 1 aromatic heterocycles. The molecule has 0 amide bonds. The predicted molar refractivity (Wildman–Crippen MR) is 58.6 cm³/mol. The Bertz CT molecular complexity index is 480. The first-order valence-electron chi connectivity index (χ1n) is 4.74. The van der Waals surface area contributed by atoms with Gasteiger partial charge >= 0.3 is 0 Å². The van der Waals surface area contributed by atoms with Crippen LogP contribution in [0.2, 0.25) is 0 Å². The fourth-order valence-electron chi connectivity index (χ4n) is 1.57. The number of pyridine rings is 1. The molecule has 3 nitrogen and oxygen atoms in total. The van der Waals surface area contributed by atoms with Gasteiger partial charge in [0.25, 0.3) is 0 Å². The third-order valence-electron chi connectivity index (χ3n) is 2.42. The Morgan fingerprint density at radius 2 is 1.80 bits per heavy atom. The van der Waals surface area contributed by atoms with E-state index in [1.165, 1.54) is 10.9 Å². The number of benzene rings is 1. The average Bonchev–Trinajstić information content (AvgIpc) is 2.24. The average molecular weight is 201 g/mol. The molecule has 76 valence electrons. The number of aromatic hydroxyl groups is 1. The second-order valence-electron chi connectivity index (χ2n) is 3.50. The molecule has 0 bridgehead atoms. The van der Waals surface area contributed by atoms with E-state index in [4.69, 9.17) is 5.84 Å². The van der Waals surface area contributed by atoms with Gasteiger partial charge in [-0.1, -0.05) is 35.0 Å². The summed E-state index contributed by atoms with van der Waals surface area (Å²) in [4.78, 5) is 0. The van der Waals surface area contributed by atoms with Crippen molar-refractivity contribution < 1.29 is 9.78 Å². The van der Waals surface area contributed by atoms with Gasteiger partial charge in [0.1, 0.15) is 0 Å². The second kappa shape index (κ2) is 3.61. The maximum atomic E-state index is 9.64. The van der Waals surface area contributed by atoms with E-state index in [1.54, 1.807) is 6.20 Å². The first-order valence-corrected chi connectivity index (χ1v) is 4.74. The van der Waals surface area contributed by atoms with Crippen molar-refractivity contribution in [1.82, 2.24) is 0 Å². The van der Waals surface area contributed by atoms with Crippen molar-refractivity contribution in [3.05, 3.63) is 48.3 Å². The molecule has 0 aliphatic heterocycles. The van der Waals surface area contributed by atoms with Crippen LogP contribution < -0.4 is 10.5 Å². The van der Waals surface area contributed by atoms with E-state index in [-0.39, 0.29) is 5.75 Å². The third-order valence-corrected chi connectivity index (χ3v) is 2.42. The van der Waals surface area contributed by atoms with Crippen molar-refractivity contribution in [3.63, 3.8) is 0 Å². The number of hydrogen-bond acceptors (Lipinski definition) is 2. The monoisotopic (exact) mass is 201 g/mol. The number of nitrogens with zero attached hydrogens (tertiary/aromatic N) is 1. The number of nitrogens with two attached hydrogens (primary N) is 1. The van der Waals surface area contributed by atoms with Gasteiger partial charge in [-0.25, -0.2) is 5.84 Å².